The largest absolute Gasteiger partial charge is 0.357 e. The lowest BCUT2D eigenvalue weighted by atomic mass is 10.2. The summed E-state index contributed by atoms with van der Waals surface area (Å²) in [6.07, 6.45) is 3.93. The number of rotatable bonds is 4. The predicted octanol–water partition coefficient (Wildman–Crippen LogP) is 1.32. The highest BCUT2D eigenvalue weighted by molar-refractivity contribution is 5.90. The minimum atomic E-state index is -0.418. The number of pyridine rings is 1. The number of anilines is 2. The first-order valence-corrected chi connectivity index (χ1v) is 8.84. The number of aromatic amines is 1. The number of hydrogen-bond acceptors (Lipinski definition) is 5. The maximum absolute atomic E-state index is 12.5. The fourth-order valence-corrected chi connectivity index (χ4v) is 3.30. The van der Waals surface area contributed by atoms with Crippen molar-refractivity contribution in [2.45, 2.75) is 19.4 Å². The molecule has 3 aromatic rings. The topological polar surface area (TPSA) is 100 Å². The summed E-state index contributed by atoms with van der Waals surface area (Å²) in [6.45, 7) is 1.71. The van der Waals surface area contributed by atoms with E-state index in [1.165, 1.54) is 12.8 Å². The van der Waals surface area contributed by atoms with Crippen molar-refractivity contribution in [1.29, 1.82) is 0 Å². The summed E-state index contributed by atoms with van der Waals surface area (Å²) in [7, 11) is 0. The van der Waals surface area contributed by atoms with E-state index in [0.29, 0.717) is 11.1 Å². The average Bonchev–Trinajstić information content (AvgIpc) is 3.21. The number of nitrogens with zero attached hydrogens (tertiary/aromatic N) is 3. The third-order valence-corrected chi connectivity index (χ3v) is 4.65. The summed E-state index contributed by atoms with van der Waals surface area (Å²) in [6, 6.07) is 10.2. The highest BCUT2D eigenvalue weighted by Gasteiger charge is 2.14. The molecule has 1 aromatic carbocycles. The first kappa shape index (κ1) is 17.0. The van der Waals surface area contributed by atoms with Crippen LogP contribution in [0.15, 0.2) is 52.2 Å². The van der Waals surface area contributed by atoms with E-state index >= 15 is 0 Å². The minimum absolute atomic E-state index is 0.283. The summed E-state index contributed by atoms with van der Waals surface area (Å²) in [5.74, 6) is 0.472. The van der Waals surface area contributed by atoms with Gasteiger partial charge in [-0.15, -0.1) is 0 Å². The van der Waals surface area contributed by atoms with Crippen molar-refractivity contribution < 1.29 is 4.79 Å². The van der Waals surface area contributed by atoms with Crippen LogP contribution in [0, 0.1) is 0 Å². The zero-order chi connectivity index (χ0) is 18.8. The van der Waals surface area contributed by atoms with E-state index in [2.05, 4.69) is 20.3 Å². The SMILES string of the molecule is O=C(Cn1[nH]c(=O)c2ccccc2c1=O)Nc1ccc(N2CCCC2)nc1. The van der Waals surface area contributed by atoms with Gasteiger partial charge in [-0.1, -0.05) is 12.1 Å². The first-order valence-electron chi connectivity index (χ1n) is 8.84. The van der Waals surface area contributed by atoms with E-state index in [1.807, 2.05) is 6.07 Å². The van der Waals surface area contributed by atoms with Gasteiger partial charge in [-0.3, -0.25) is 19.5 Å². The quantitative estimate of drug-likeness (QED) is 0.726. The number of aromatic nitrogens is 3. The lowest BCUT2D eigenvalue weighted by molar-refractivity contribution is -0.117. The number of H-pyrrole nitrogens is 1. The van der Waals surface area contributed by atoms with Crippen molar-refractivity contribution in [2.24, 2.45) is 0 Å². The Morgan fingerprint density at radius 1 is 1.07 bits per heavy atom. The van der Waals surface area contributed by atoms with Gasteiger partial charge < -0.3 is 10.2 Å². The van der Waals surface area contributed by atoms with Crippen LogP contribution in [0.2, 0.25) is 0 Å². The average molecular weight is 365 g/mol. The van der Waals surface area contributed by atoms with Crippen LogP contribution >= 0.6 is 0 Å². The van der Waals surface area contributed by atoms with Gasteiger partial charge >= 0.3 is 0 Å². The molecule has 8 heteroatoms. The molecule has 138 valence electrons. The van der Waals surface area contributed by atoms with E-state index in [1.54, 1.807) is 36.5 Å². The van der Waals surface area contributed by atoms with Crippen LogP contribution < -0.4 is 21.3 Å². The number of fused-ring (bicyclic) bond motifs is 1. The second-order valence-corrected chi connectivity index (χ2v) is 6.53. The molecule has 0 unspecified atom stereocenters. The van der Waals surface area contributed by atoms with Gasteiger partial charge in [-0.05, 0) is 37.1 Å². The maximum Gasteiger partial charge on any atom is 0.273 e. The summed E-state index contributed by atoms with van der Waals surface area (Å²) < 4.78 is 1.02. The second-order valence-electron chi connectivity index (χ2n) is 6.53. The minimum Gasteiger partial charge on any atom is -0.357 e. The summed E-state index contributed by atoms with van der Waals surface area (Å²) >= 11 is 0. The van der Waals surface area contributed by atoms with Crippen LogP contribution in [0.1, 0.15) is 12.8 Å². The van der Waals surface area contributed by atoms with Gasteiger partial charge in [0.1, 0.15) is 12.4 Å². The first-order chi connectivity index (χ1) is 13.1. The molecule has 1 aliphatic heterocycles. The number of amides is 1. The smallest absolute Gasteiger partial charge is 0.273 e. The lowest BCUT2D eigenvalue weighted by Crippen LogP contribution is -2.34. The van der Waals surface area contributed by atoms with Crippen molar-refractivity contribution in [3.05, 3.63) is 63.3 Å². The zero-order valence-electron chi connectivity index (χ0n) is 14.6. The number of benzene rings is 1. The summed E-state index contributed by atoms with van der Waals surface area (Å²) in [5, 5.41) is 5.74. The van der Waals surface area contributed by atoms with E-state index in [4.69, 9.17) is 0 Å². The molecule has 1 aliphatic rings. The Labute approximate surface area is 154 Å². The molecule has 27 heavy (non-hydrogen) atoms. The van der Waals surface area contributed by atoms with Crippen LogP contribution in [0.4, 0.5) is 11.5 Å². The number of carbonyl (C=O) groups is 1. The third kappa shape index (κ3) is 3.46. The van der Waals surface area contributed by atoms with Crippen LogP contribution in [0.3, 0.4) is 0 Å². The molecule has 1 saturated heterocycles. The van der Waals surface area contributed by atoms with Gasteiger partial charge in [-0.25, -0.2) is 9.67 Å². The molecule has 2 aromatic heterocycles. The van der Waals surface area contributed by atoms with Crippen molar-refractivity contribution in [3.63, 3.8) is 0 Å². The normalized spacial score (nSPS) is 13.9. The molecule has 0 bridgehead atoms. The van der Waals surface area contributed by atoms with E-state index in [0.717, 1.165) is 23.6 Å². The van der Waals surface area contributed by atoms with Crippen molar-refractivity contribution >= 4 is 28.2 Å². The molecular formula is C19H19N5O3. The van der Waals surface area contributed by atoms with Gasteiger partial charge in [0.25, 0.3) is 11.1 Å². The van der Waals surface area contributed by atoms with E-state index < -0.39 is 17.0 Å². The molecule has 3 heterocycles. The van der Waals surface area contributed by atoms with Crippen LogP contribution in [0.5, 0.6) is 0 Å². The van der Waals surface area contributed by atoms with Crippen LogP contribution in [-0.2, 0) is 11.3 Å². The third-order valence-electron chi connectivity index (χ3n) is 4.65. The monoisotopic (exact) mass is 365 g/mol. The molecule has 0 atom stereocenters. The Balaban J connectivity index is 1.49. The van der Waals surface area contributed by atoms with E-state index in [9.17, 15) is 14.4 Å². The number of hydrogen-bond donors (Lipinski definition) is 2. The molecule has 8 nitrogen and oxygen atoms in total. The Morgan fingerprint density at radius 2 is 1.81 bits per heavy atom. The molecule has 2 N–H and O–H groups in total. The Kier molecular flexibility index (Phi) is 4.45. The molecule has 0 saturated carbocycles. The molecule has 1 amide bonds. The highest BCUT2D eigenvalue weighted by atomic mass is 16.2. The van der Waals surface area contributed by atoms with Gasteiger partial charge in [-0.2, -0.15) is 0 Å². The fraction of sp³-hybridized carbons (Fsp3) is 0.263. The Bertz CT molecular complexity index is 1090. The molecule has 0 radical (unpaired) electrons. The van der Waals surface area contributed by atoms with E-state index in [-0.39, 0.29) is 11.9 Å². The van der Waals surface area contributed by atoms with Crippen molar-refractivity contribution in [1.82, 2.24) is 14.8 Å². The van der Waals surface area contributed by atoms with Gasteiger partial charge in [0, 0.05) is 13.1 Å². The lowest BCUT2D eigenvalue weighted by Gasteiger charge is -2.16. The Hall–Kier alpha value is -3.42. The molecular weight excluding hydrogens is 346 g/mol. The molecule has 0 aliphatic carbocycles. The number of nitrogens with one attached hydrogen (secondary N) is 2. The van der Waals surface area contributed by atoms with Crippen molar-refractivity contribution in [2.75, 3.05) is 23.3 Å². The molecule has 1 fully saturated rings. The second kappa shape index (κ2) is 7.06. The molecule has 0 spiro atoms. The van der Waals surface area contributed by atoms with Crippen molar-refractivity contribution in [3.8, 4) is 0 Å². The van der Waals surface area contributed by atoms with Gasteiger partial charge in [0.2, 0.25) is 5.91 Å². The van der Waals surface area contributed by atoms with Crippen LogP contribution in [-0.4, -0.2) is 33.8 Å². The predicted molar refractivity (Wildman–Crippen MR) is 103 cm³/mol. The summed E-state index contributed by atoms with van der Waals surface area (Å²) in [4.78, 5) is 43.4. The summed E-state index contributed by atoms with van der Waals surface area (Å²) in [5.41, 5.74) is -0.281. The maximum atomic E-state index is 12.5. The van der Waals surface area contributed by atoms with Crippen LogP contribution in [0.25, 0.3) is 10.8 Å². The Morgan fingerprint density at radius 3 is 2.52 bits per heavy atom. The molecule has 4 rings (SSSR count). The van der Waals surface area contributed by atoms with Gasteiger partial charge in [0.05, 0.1) is 22.7 Å². The van der Waals surface area contributed by atoms with Gasteiger partial charge in [0.15, 0.2) is 0 Å². The highest BCUT2D eigenvalue weighted by Crippen LogP contribution is 2.19. The fourth-order valence-electron chi connectivity index (χ4n) is 3.30. The zero-order valence-corrected chi connectivity index (χ0v) is 14.6. The standard InChI is InChI=1S/C19H19N5O3/c25-17(21-13-7-8-16(20-11-13)23-9-3-4-10-23)12-24-19(27)15-6-2-1-5-14(15)18(26)22-24/h1-2,5-8,11H,3-4,9-10,12H2,(H,21,25)(H,22,26). The number of carbonyl (C=O) groups excluding carboxylic acids is 1.